The predicted octanol–water partition coefficient (Wildman–Crippen LogP) is 3.11. The number of allylic oxidation sites excluding steroid dienone is 5. The molecule has 0 amide bonds. The van der Waals surface area contributed by atoms with Gasteiger partial charge in [0, 0.05) is 11.6 Å². The maximum atomic E-state index is 12.5. The molecule has 90 valence electrons. The number of halogens is 1. The molecule has 0 unspecified atom stereocenters. The van der Waals surface area contributed by atoms with E-state index in [4.69, 9.17) is 5.11 Å². The smallest absolute Gasteiger partial charge is 0.355 e. The van der Waals surface area contributed by atoms with Crippen molar-refractivity contribution in [3.63, 3.8) is 0 Å². The second-order valence-corrected chi connectivity index (χ2v) is 3.50. The molecule has 1 N–H and O–H groups in total. The van der Waals surface area contributed by atoms with Crippen molar-refractivity contribution in [1.82, 2.24) is 9.19 Å². The Kier molecular flexibility index (Phi) is 4.71. The third kappa shape index (κ3) is 3.07. The fraction of sp³-hybridized carbons (Fsp3) is 0.0909. The van der Waals surface area contributed by atoms with Crippen molar-refractivity contribution in [2.24, 2.45) is 0 Å². The van der Waals surface area contributed by atoms with Crippen molar-refractivity contribution in [3.8, 4) is 0 Å². The third-order valence-corrected chi connectivity index (χ3v) is 2.31. The molecular weight excluding hydrogens is 243 g/mol. The number of nitrogens with zero attached hydrogens (tertiary/aromatic N) is 2. The second-order valence-electron chi connectivity index (χ2n) is 3.02. The highest BCUT2D eigenvalue weighted by Crippen LogP contribution is 2.20. The first-order valence-corrected chi connectivity index (χ1v) is 5.39. The average Bonchev–Trinajstić information content (AvgIpc) is 2.72. The topological polar surface area (TPSA) is 55.1 Å². The van der Waals surface area contributed by atoms with E-state index in [1.165, 1.54) is 6.07 Å². The van der Waals surface area contributed by atoms with Gasteiger partial charge in [0.05, 0.1) is 5.69 Å². The average molecular weight is 254 g/mol. The number of carboxylic acid groups (broad SMARTS) is 1. The summed E-state index contributed by atoms with van der Waals surface area (Å²) in [4.78, 5) is 10.8. The van der Waals surface area contributed by atoms with E-state index in [9.17, 15) is 8.68 Å². The molecule has 0 aliphatic rings. The van der Waals surface area contributed by atoms with E-state index in [1.807, 2.05) is 6.92 Å². The van der Waals surface area contributed by atoms with Crippen LogP contribution in [0.2, 0.25) is 0 Å². The lowest BCUT2D eigenvalue weighted by molar-refractivity contribution is 0.0689. The Labute approximate surface area is 103 Å². The summed E-state index contributed by atoms with van der Waals surface area (Å²) in [6, 6.07) is 1.31. The van der Waals surface area contributed by atoms with Gasteiger partial charge in [0.1, 0.15) is 0 Å². The van der Waals surface area contributed by atoms with Crippen molar-refractivity contribution < 1.29 is 13.8 Å². The SMILES string of the molecule is C=C/C=C(\C=C/C)c1cc(C(=O)O)n(SF)n1. The molecule has 0 bridgehead atoms. The van der Waals surface area contributed by atoms with Gasteiger partial charge in [-0.2, -0.15) is 9.19 Å². The summed E-state index contributed by atoms with van der Waals surface area (Å²) in [5, 5.41) is 12.7. The van der Waals surface area contributed by atoms with Gasteiger partial charge in [-0.15, -0.1) is 3.89 Å². The van der Waals surface area contributed by atoms with Crippen molar-refractivity contribution in [2.45, 2.75) is 6.92 Å². The minimum atomic E-state index is -1.23. The van der Waals surface area contributed by atoms with Gasteiger partial charge in [-0.3, -0.25) is 0 Å². The number of rotatable bonds is 5. The van der Waals surface area contributed by atoms with E-state index in [0.29, 0.717) is 11.3 Å². The molecular formula is C11H11FN2O2S. The summed E-state index contributed by atoms with van der Waals surface area (Å²) in [7, 11) is 0. The highest BCUT2D eigenvalue weighted by atomic mass is 32.2. The fourth-order valence-corrected chi connectivity index (χ4v) is 1.56. The monoisotopic (exact) mass is 254 g/mol. The van der Waals surface area contributed by atoms with Crippen LogP contribution < -0.4 is 0 Å². The Bertz CT molecular complexity index is 492. The van der Waals surface area contributed by atoms with Crippen LogP contribution in [-0.4, -0.2) is 20.3 Å². The van der Waals surface area contributed by atoms with Crippen LogP contribution in [-0.2, 0) is 0 Å². The molecule has 0 aromatic carbocycles. The molecule has 0 saturated heterocycles. The third-order valence-electron chi connectivity index (χ3n) is 1.90. The lowest BCUT2D eigenvalue weighted by Crippen LogP contribution is -2.02. The summed E-state index contributed by atoms with van der Waals surface area (Å²) in [5.41, 5.74) is 0.829. The van der Waals surface area contributed by atoms with E-state index >= 15 is 0 Å². The van der Waals surface area contributed by atoms with Crippen molar-refractivity contribution in [3.05, 3.63) is 48.3 Å². The van der Waals surface area contributed by atoms with E-state index < -0.39 is 5.97 Å². The highest BCUT2D eigenvalue weighted by Gasteiger charge is 2.16. The Morgan fingerprint density at radius 2 is 2.41 bits per heavy atom. The van der Waals surface area contributed by atoms with Crippen LogP contribution in [0.25, 0.3) is 5.57 Å². The largest absolute Gasteiger partial charge is 0.476 e. The minimum absolute atomic E-state index is 0.216. The van der Waals surface area contributed by atoms with E-state index in [1.54, 1.807) is 24.3 Å². The number of aromatic nitrogens is 2. The number of carbonyl (C=O) groups is 1. The molecule has 0 radical (unpaired) electrons. The van der Waals surface area contributed by atoms with Gasteiger partial charge in [-0.05, 0) is 6.92 Å². The molecule has 0 saturated carbocycles. The van der Waals surface area contributed by atoms with Crippen LogP contribution in [0.4, 0.5) is 3.89 Å². The quantitative estimate of drug-likeness (QED) is 0.820. The molecule has 6 heteroatoms. The van der Waals surface area contributed by atoms with Gasteiger partial charge in [-0.1, -0.05) is 30.9 Å². The first-order chi connectivity index (χ1) is 8.13. The van der Waals surface area contributed by atoms with Crippen molar-refractivity contribution in [1.29, 1.82) is 0 Å². The highest BCUT2D eigenvalue weighted by molar-refractivity contribution is 7.92. The zero-order valence-corrected chi connectivity index (χ0v) is 9.95. The molecule has 4 nitrogen and oxygen atoms in total. The Morgan fingerprint density at radius 1 is 1.71 bits per heavy atom. The maximum absolute atomic E-state index is 12.5. The lowest BCUT2D eigenvalue weighted by Gasteiger charge is -1.94. The summed E-state index contributed by atoms with van der Waals surface area (Å²) in [6.07, 6.45) is 6.73. The van der Waals surface area contributed by atoms with Crippen LogP contribution in [0.1, 0.15) is 23.1 Å². The molecule has 1 aromatic heterocycles. The van der Waals surface area contributed by atoms with Crippen molar-refractivity contribution >= 4 is 23.9 Å². The van der Waals surface area contributed by atoms with Crippen LogP contribution in [0.5, 0.6) is 0 Å². The van der Waals surface area contributed by atoms with Gasteiger partial charge in [0.25, 0.3) is 0 Å². The van der Waals surface area contributed by atoms with Crippen LogP contribution in [0.3, 0.4) is 0 Å². The summed E-state index contributed by atoms with van der Waals surface area (Å²) in [5.74, 6) is -1.23. The van der Waals surface area contributed by atoms with Gasteiger partial charge < -0.3 is 5.11 Å². The molecule has 1 rings (SSSR count). The number of hydrogen-bond acceptors (Lipinski definition) is 3. The summed E-state index contributed by atoms with van der Waals surface area (Å²) >= 11 is -0.254. The second kappa shape index (κ2) is 6.05. The van der Waals surface area contributed by atoms with Gasteiger partial charge >= 0.3 is 5.97 Å². The molecule has 1 heterocycles. The molecule has 0 spiro atoms. The number of carboxylic acids is 1. The van der Waals surface area contributed by atoms with Crippen molar-refractivity contribution in [2.75, 3.05) is 0 Å². The fourth-order valence-electron chi connectivity index (χ4n) is 1.24. The Hall–Kier alpha value is -1.82. The van der Waals surface area contributed by atoms with E-state index in [-0.39, 0.29) is 18.0 Å². The summed E-state index contributed by atoms with van der Waals surface area (Å²) in [6.45, 7) is 5.37. The van der Waals surface area contributed by atoms with E-state index in [0.717, 1.165) is 4.09 Å². The summed E-state index contributed by atoms with van der Waals surface area (Å²) < 4.78 is 13.2. The first-order valence-electron chi connectivity index (χ1n) is 4.72. The Balaban J connectivity index is 3.26. The lowest BCUT2D eigenvalue weighted by atomic mass is 10.1. The van der Waals surface area contributed by atoms with Gasteiger partial charge in [0.2, 0.25) is 0 Å². The van der Waals surface area contributed by atoms with Crippen LogP contribution in [0, 0.1) is 0 Å². The zero-order valence-electron chi connectivity index (χ0n) is 9.13. The molecule has 0 aliphatic heterocycles. The zero-order chi connectivity index (χ0) is 12.8. The van der Waals surface area contributed by atoms with E-state index in [2.05, 4.69) is 11.7 Å². The normalized spacial score (nSPS) is 12.0. The maximum Gasteiger partial charge on any atom is 0.355 e. The van der Waals surface area contributed by atoms with Gasteiger partial charge in [0.15, 0.2) is 18.0 Å². The Morgan fingerprint density at radius 3 is 2.82 bits per heavy atom. The minimum Gasteiger partial charge on any atom is -0.476 e. The van der Waals surface area contributed by atoms with Gasteiger partial charge in [-0.25, -0.2) is 4.79 Å². The number of aromatic carboxylic acids is 1. The molecule has 17 heavy (non-hydrogen) atoms. The van der Waals surface area contributed by atoms with Crippen LogP contribution in [0.15, 0.2) is 36.9 Å². The molecule has 0 aliphatic carbocycles. The van der Waals surface area contributed by atoms with Crippen LogP contribution >= 0.6 is 12.3 Å². The molecule has 0 atom stereocenters. The predicted molar refractivity (Wildman–Crippen MR) is 66.3 cm³/mol. The standard InChI is InChI=1S/C11H11FN2O2S/c1-3-5-8(6-4-2)9-7-10(11(15)16)14(13-9)17-12/h3-7H,1H2,2H3,(H,15,16)/b6-4-,8-5+. The molecule has 0 fully saturated rings. The first kappa shape index (κ1) is 13.2. The molecule has 1 aromatic rings. The number of hydrogen-bond donors (Lipinski definition) is 1.